The van der Waals surface area contributed by atoms with Gasteiger partial charge in [0.1, 0.15) is 30.7 Å². The highest BCUT2D eigenvalue weighted by Gasteiger charge is 2.57. The summed E-state index contributed by atoms with van der Waals surface area (Å²) < 4.78 is 27.0. The summed E-state index contributed by atoms with van der Waals surface area (Å²) in [6, 6.07) is 0. The number of alkyl halides is 2. The summed E-state index contributed by atoms with van der Waals surface area (Å²) in [6.07, 6.45) is -2.11. The van der Waals surface area contributed by atoms with Crippen LogP contribution in [0.4, 0.5) is 4.39 Å². The molecule has 0 radical (unpaired) electrons. The van der Waals surface area contributed by atoms with Crippen LogP contribution < -0.4 is 16.4 Å². The zero-order valence-electron chi connectivity index (χ0n) is 16.4. The predicted octanol–water partition coefficient (Wildman–Crippen LogP) is -0.723. The third-order valence-corrected chi connectivity index (χ3v) is 8.11. The van der Waals surface area contributed by atoms with E-state index >= 15 is 0 Å². The predicted molar refractivity (Wildman–Crippen MR) is 103 cm³/mol. The van der Waals surface area contributed by atoms with E-state index in [-0.39, 0.29) is 30.1 Å². The summed E-state index contributed by atoms with van der Waals surface area (Å²) in [6.45, 7) is 1.16. The maximum absolute atomic E-state index is 14.7. The van der Waals surface area contributed by atoms with Gasteiger partial charge in [0.25, 0.3) is 0 Å². The Bertz CT molecular complexity index is 609. The van der Waals surface area contributed by atoms with Gasteiger partial charge < -0.3 is 25.4 Å². The molecule has 12 atom stereocenters. The van der Waals surface area contributed by atoms with Crippen molar-refractivity contribution < 1.29 is 24.1 Å². The van der Waals surface area contributed by atoms with Gasteiger partial charge in [-0.05, 0) is 37.5 Å². The molecule has 0 aromatic carbocycles. The quantitative estimate of drug-likeness (QED) is 0.362. The lowest BCUT2D eigenvalue weighted by Gasteiger charge is -2.45. The van der Waals surface area contributed by atoms with Gasteiger partial charge in [0.15, 0.2) is 0 Å². The Kier molecular flexibility index (Phi) is 5.81. The smallest absolute Gasteiger partial charge is 0.141 e. The first-order chi connectivity index (χ1) is 14.0. The van der Waals surface area contributed by atoms with Gasteiger partial charge in [-0.25, -0.2) is 4.39 Å². The molecule has 5 fully saturated rings. The van der Waals surface area contributed by atoms with Crippen LogP contribution in [0.1, 0.15) is 25.7 Å². The molecule has 7 unspecified atom stereocenters. The van der Waals surface area contributed by atoms with Gasteiger partial charge >= 0.3 is 0 Å². The van der Waals surface area contributed by atoms with Crippen LogP contribution in [0.3, 0.4) is 0 Å². The summed E-state index contributed by atoms with van der Waals surface area (Å²) in [4.78, 5) is 1.78. The molecule has 29 heavy (non-hydrogen) atoms. The van der Waals surface area contributed by atoms with Crippen molar-refractivity contribution in [1.82, 2.24) is 15.5 Å². The van der Waals surface area contributed by atoms with Crippen molar-refractivity contribution in [2.75, 3.05) is 19.8 Å². The van der Waals surface area contributed by atoms with E-state index in [1.54, 1.807) is 4.90 Å². The minimum absolute atomic E-state index is 0.102. The lowest BCUT2D eigenvalue weighted by molar-refractivity contribution is -0.174. The minimum atomic E-state index is -1.14. The maximum atomic E-state index is 14.7. The maximum Gasteiger partial charge on any atom is 0.141 e. The number of aliphatic hydroxyl groups is 2. The third kappa shape index (κ3) is 3.52. The monoisotopic (exact) mass is 434 g/mol. The Hall–Kier alpha value is -0.100. The summed E-state index contributed by atoms with van der Waals surface area (Å²) >= 11 is 6.37. The molecule has 8 nitrogen and oxygen atoms in total. The highest BCUT2D eigenvalue weighted by Crippen LogP contribution is 2.45. The molecule has 1 saturated carbocycles. The van der Waals surface area contributed by atoms with Crippen LogP contribution >= 0.6 is 11.6 Å². The van der Waals surface area contributed by atoms with Gasteiger partial charge in [-0.1, -0.05) is 0 Å². The number of likely N-dealkylation sites (tertiary alicyclic amines) is 1. The zero-order chi connectivity index (χ0) is 20.3. The van der Waals surface area contributed by atoms with E-state index in [2.05, 4.69) is 10.6 Å². The van der Waals surface area contributed by atoms with E-state index in [4.69, 9.17) is 26.8 Å². The molecule has 5 rings (SSSR count). The van der Waals surface area contributed by atoms with Gasteiger partial charge in [-0.15, -0.1) is 11.6 Å². The van der Waals surface area contributed by atoms with Crippen molar-refractivity contribution in [2.24, 2.45) is 23.5 Å². The number of hydrogen-bond acceptors (Lipinski definition) is 8. The summed E-state index contributed by atoms with van der Waals surface area (Å²) in [5.41, 5.74) is 6.06. The van der Waals surface area contributed by atoms with Gasteiger partial charge in [-0.3, -0.25) is 15.5 Å². The first-order valence-corrected chi connectivity index (χ1v) is 11.3. The van der Waals surface area contributed by atoms with Crippen molar-refractivity contribution in [3.63, 3.8) is 0 Å². The molecular formula is C19H32ClFN4O4. The first kappa shape index (κ1) is 20.8. The van der Waals surface area contributed by atoms with E-state index < -0.39 is 42.8 Å². The fraction of sp³-hybridized carbons (Fsp3) is 1.00. The minimum Gasteiger partial charge on any atom is -0.387 e. The summed E-state index contributed by atoms with van der Waals surface area (Å²) in [5, 5.41) is 28.1. The van der Waals surface area contributed by atoms with Crippen molar-refractivity contribution in [1.29, 1.82) is 0 Å². The molecule has 0 aromatic heterocycles. The fourth-order valence-corrected chi connectivity index (χ4v) is 6.61. The number of nitrogens with two attached hydrogens (primary N) is 1. The van der Waals surface area contributed by atoms with E-state index in [0.29, 0.717) is 19.2 Å². The Labute approximate surface area is 175 Å². The lowest BCUT2D eigenvalue weighted by Crippen LogP contribution is -2.65. The first-order valence-electron chi connectivity index (χ1n) is 10.8. The molecule has 0 amide bonds. The number of aliphatic hydroxyl groups excluding tert-OH is 2. The second-order valence-corrected chi connectivity index (χ2v) is 9.89. The van der Waals surface area contributed by atoms with Gasteiger partial charge in [0.2, 0.25) is 0 Å². The van der Waals surface area contributed by atoms with E-state index in [9.17, 15) is 14.6 Å². The van der Waals surface area contributed by atoms with Crippen LogP contribution in [0.25, 0.3) is 0 Å². The van der Waals surface area contributed by atoms with Crippen LogP contribution in [0.5, 0.6) is 0 Å². The van der Waals surface area contributed by atoms with Crippen molar-refractivity contribution >= 4 is 11.6 Å². The molecule has 0 spiro atoms. The SMILES string of the molecule is NC1NCNC2C1C(F)CN2[C@@H]1O[C@H]([C@@H]2OCCC3CC(Cl)CCC32)[C@@H](O)[C@H]1O. The molecule has 0 bridgehead atoms. The van der Waals surface area contributed by atoms with Crippen LogP contribution in [0.15, 0.2) is 0 Å². The van der Waals surface area contributed by atoms with E-state index in [0.717, 1.165) is 25.7 Å². The highest BCUT2D eigenvalue weighted by atomic mass is 35.5. The van der Waals surface area contributed by atoms with E-state index in [1.807, 2.05) is 0 Å². The average molecular weight is 435 g/mol. The van der Waals surface area contributed by atoms with Crippen LogP contribution in [-0.4, -0.2) is 89.5 Å². The third-order valence-electron chi connectivity index (χ3n) is 7.71. The Morgan fingerprint density at radius 3 is 2.76 bits per heavy atom. The normalized spacial score (nSPS) is 56.2. The number of nitrogens with zero attached hydrogens (tertiary/aromatic N) is 1. The second kappa shape index (κ2) is 8.11. The molecule has 4 aliphatic heterocycles. The number of nitrogens with one attached hydrogen (secondary N) is 2. The number of hydrogen-bond donors (Lipinski definition) is 5. The fourth-order valence-electron chi connectivity index (χ4n) is 6.25. The zero-order valence-corrected chi connectivity index (χ0v) is 17.1. The molecule has 6 N–H and O–H groups in total. The van der Waals surface area contributed by atoms with Crippen molar-refractivity contribution in [3.05, 3.63) is 0 Å². The Morgan fingerprint density at radius 2 is 1.93 bits per heavy atom. The molecule has 4 saturated heterocycles. The molecule has 1 aliphatic carbocycles. The standard InChI is InChI=1S/C19H32ClFN4O4/c20-9-1-2-10-8(5-9)3-4-28-15(10)16-13(26)14(27)19(29-16)25-6-11(21)12-17(22)23-7-24-18(12)25/h8-19,23-24,26-27H,1-7,22H2/t8?,9?,10?,11?,12?,13-,14+,15+,16-,17?,18?,19+/m0/s1. The van der Waals surface area contributed by atoms with Crippen LogP contribution in [0.2, 0.25) is 0 Å². The Morgan fingerprint density at radius 1 is 1.10 bits per heavy atom. The topological polar surface area (TPSA) is 112 Å². The van der Waals surface area contributed by atoms with Gasteiger partial charge in [-0.2, -0.15) is 0 Å². The van der Waals surface area contributed by atoms with Crippen LogP contribution in [-0.2, 0) is 9.47 Å². The summed E-state index contributed by atoms with van der Waals surface area (Å²) in [5.74, 6) is 0.271. The molecule has 10 heteroatoms. The highest BCUT2D eigenvalue weighted by molar-refractivity contribution is 6.20. The molecular weight excluding hydrogens is 403 g/mol. The number of halogens is 2. The lowest BCUT2D eigenvalue weighted by atomic mass is 9.71. The van der Waals surface area contributed by atoms with E-state index in [1.165, 1.54) is 0 Å². The number of rotatable bonds is 2. The molecule has 0 aromatic rings. The number of fused-ring (bicyclic) bond motifs is 2. The largest absolute Gasteiger partial charge is 0.387 e. The summed E-state index contributed by atoms with van der Waals surface area (Å²) in [7, 11) is 0. The molecule has 166 valence electrons. The van der Waals surface area contributed by atoms with Crippen molar-refractivity contribution in [3.8, 4) is 0 Å². The average Bonchev–Trinajstić information content (AvgIpc) is 3.19. The number of ether oxygens (including phenoxy) is 2. The van der Waals surface area contributed by atoms with Crippen LogP contribution in [0, 0.1) is 17.8 Å². The molecule has 4 heterocycles. The Balaban J connectivity index is 1.33. The second-order valence-electron chi connectivity index (χ2n) is 9.28. The molecule has 5 aliphatic rings. The van der Waals surface area contributed by atoms with Gasteiger partial charge in [0.05, 0.1) is 18.4 Å². The van der Waals surface area contributed by atoms with Crippen molar-refractivity contribution in [2.45, 2.75) is 80.2 Å². The van der Waals surface area contributed by atoms with Gasteiger partial charge in [0, 0.05) is 31.1 Å².